The highest BCUT2D eigenvalue weighted by molar-refractivity contribution is 9.11. The average Bonchev–Trinajstić information content (AvgIpc) is 2.75. The highest BCUT2D eigenvalue weighted by atomic mass is 79.9. The smallest absolute Gasteiger partial charge is 0.270 e. The highest BCUT2D eigenvalue weighted by Gasteiger charge is 2.14. The number of nitrogens with one attached hydrogen (secondary N) is 1. The Morgan fingerprint density at radius 1 is 1.60 bits per heavy atom. The molecule has 0 aromatic carbocycles. The number of rotatable bonds is 2. The first-order valence-electron chi connectivity index (χ1n) is 3.82. The first-order valence-corrected chi connectivity index (χ1v) is 6.31. The van der Waals surface area contributed by atoms with Gasteiger partial charge in [0.2, 0.25) is 0 Å². The van der Waals surface area contributed by atoms with Gasteiger partial charge < -0.3 is 0 Å². The Labute approximate surface area is 101 Å². The van der Waals surface area contributed by atoms with Crippen molar-refractivity contribution in [2.75, 3.05) is 5.32 Å². The molecule has 0 fully saturated rings. The van der Waals surface area contributed by atoms with Gasteiger partial charge in [-0.25, -0.2) is 9.37 Å². The number of hydrogen-bond acceptors (Lipinski definition) is 4. The molecule has 7 heteroatoms. The van der Waals surface area contributed by atoms with E-state index >= 15 is 0 Å². The van der Waals surface area contributed by atoms with Crippen LogP contribution in [-0.4, -0.2) is 10.9 Å². The van der Waals surface area contributed by atoms with Crippen molar-refractivity contribution < 1.29 is 9.18 Å². The van der Waals surface area contributed by atoms with Gasteiger partial charge in [0, 0.05) is 0 Å². The van der Waals surface area contributed by atoms with Crippen molar-refractivity contribution in [1.29, 1.82) is 0 Å². The fraction of sp³-hybridized carbons (Fsp3) is 0. The molecular weight excluding hydrogens is 303 g/mol. The summed E-state index contributed by atoms with van der Waals surface area (Å²) < 4.78 is 13.8. The van der Waals surface area contributed by atoms with Gasteiger partial charge in [0.25, 0.3) is 5.91 Å². The fourth-order valence-electron chi connectivity index (χ4n) is 0.922. The zero-order chi connectivity index (χ0) is 10.8. The van der Waals surface area contributed by atoms with Gasteiger partial charge in [-0.3, -0.25) is 10.1 Å². The van der Waals surface area contributed by atoms with Crippen LogP contribution in [-0.2, 0) is 0 Å². The SMILES string of the molecule is O=C(Nc1ncc(Br)s1)c1sccc1F. The second kappa shape index (κ2) is 4.38. The number of halogens is 2. The van der Waals surface area contributed by atoms with Crippen molar-refractivity contribution in [3.05, 3.63) is 32.1 Å². The number of thiazole rings is 1. The number of carbonyl (C=O) groups excluding carboxylic acids is 1. The molecule has 2 heterocycles. The van der Waals surface area contributed by atoms with Gasteiger partial charge in [-0.1, -0.05) is 11.3 Å². The minimum absolute atomic E-state index is 0.0707. The minimum Gasteiger partial charge on any atom is -0.297 e. The van der Waals surface area contributed by atoms with Gasteiger partial charge in [-0.05, 0) is 27.4 Å². The van der Waals surface area contributed by atoms with Crippen LogP contribution in [0.4, 0.5) is 9.52 Å². The summed E-state index contributed by atoms with van der Waals surface area (Å²) in [6, 6.07) is 1.26. The normalized spacial score (nSPS) is 10.3. The van der Waals surface area contributed by atoms with E-state index in [1.54, 1.807) is 6.20 Å². The number of amides is 1. The summed E-state index contributed by atoms with van der Waals surface area (Å²) in [5, 5.41) is 4.49. The molecule has 2 aromatic rings. The number of nitrogens with zero attached hydrogens (tertiary/aromatic N) is 1. The van der Waals surface area contributed by atoms with Crippen molar-refractivity contribution in [1.82, 2.24) is 4.98 Å². The molecule has 0 aliphatic heterocycles. The van der Waals surface area contributed by atoms with Crippen molar-refractivity contribution >= 4 is 49.6 Å². The molecule has 0 aliphatic rings. The predicted molar refractivity (Wildman–Crippen MR) is 62.0 cm³/mol. The summed E-state index contributed by atoms with van der Waals surface area (Å²) in [6.07, 6.45) is 1.57. The van der Waals surface area contributed by atoms with Crippen molar-refractivity contribution in [3.8, 4) is 0 Å². The zero-order valence-corrected chi connectivity index (χ0v) is 10.4. The lowest BCUT2D eigenvalue weighted by molar-refractivity contribution is 0.102. The fourth-order valence-corrected chi connectivity index (χ4v) is 2.69. The van der Waals surface area contributed by atoms with Crippen molar-refractivity contribution in [2.24, 2.45) is 0 Å². The van der Waals surface area contributed by atoms with Crippen molar-refractivity contribution in [3.63, 3.8) is 0 Å². The first-order chi connectivity index (χ1) is 7.16. The van der Waals surface area contributed by atoms with Crippen molar-refractivity contribution in [2.45, 2.75) is 0 Å². The van der Waals surface area contributed by atoms with E-state index < -0.39 is 11.7 Å². The van der Waals surface area contributed by atoms with E-state index in [1.165, 1.54) is 22.8 Å². The third-order valence-electron chi connectivity index (χ3n) is 1.52. The van der Waals surface area contributed by atoms with E-state index in [4.69, 9.17) is 0 Å². The minimum atomic E-state index is -0.506. The molecule has 3 nitrogen and oxygen atoms in total. The number of anilines is 1. The largest absolute Gasteiger partial charge is 0.297 e. The molecule has 1 N–H and O–H groups in total. The van der Waals surface area contributed by atoms with Gasteiger partial charge in [0.1, 0.15) is 10.7 Å². The lowest BCUT2D eigenvalue weighted by Crippen LogP contribution is -2.11. The van der Waals surface area contributed by atoms with Gasteiger partial charge in [-0.15, -0.1) is 11.3 Å². The molecule has 0 spiro atoms. The summed E-state index contributed by atoms with van der Waals surface area (Å²) in [4.78, 5) is 15.5. The molecule has 78 valence electrons. The molecular formula is C8H4BrFN2OS2. The van der Waals surface area contributed by atoms with Crippen LogP contribution < -0.4 is 5.32 Å². The van der Waals surface area contributed by atoms with Crippen LogP contribution in [0.25, 0.3) is 0 Å². The molecule has 2 rings (SSSR count). The van der Waals surface area contributed by atoms with Gasteiger partial charge in [0.05, 0.1) is 9.98 Å². The second-order valence-electron chi connectivity index (χ2n) is 2.52. The molecule has 1 amide bonds. The molecule has 0 bridgehead atoms. The first kappa shape index (κ1) is 10.7. The molecule has 15 heavy (non-hydrogen) atoms. The van der Waals surface area contributed by atoms with Gasteiger partial charge in [-0.2, -0.15) is 0 Å². The Bertz CT molecular complexity index is 496. The summed E-state index contributed by atoms with van der Waals surface area (Å²) in [6.45, 7) is 0. The van der Waals surface area contributed by atoms with Crippen LogP contribution in [0.1, 0.15) is 9.67 Å². The molecule has 2 aromatic heterocycles. The topological polar surface area (TPSA) is 42.0 Å². The summed E-state index contributed by atoms with van der Waals surface area (Å²) in [5.74, 6) is -0.975. The number of hydrogen-bond donors (Lipinski definition) is 1. The summed E-state index contributed by atoms with van der Waals surface area (Å²) >= 11 is 5.56. The van der Waals surface area contributed by atoms with Crippen LogP contribution in [0.15, 0.2) is 21.4 Å². The Kier molecular flexibility index (Phi) is 3.13. The van der Waals surface area contributed by atoms with E-state index in [0.29, 0.717) is 5.13 Å². The van der Waals surface area contributed by atoms with Crippen LogP contribution in [0.5, 0.6) is 0 Å². The Balaban J connectivity index is 2.14. The quantitative estimate of drug-likeness (QED) is 0.924. The van der Waals surface area contributed by atoms with Crippen LogP contribution in [0, 0.1) is 5.82 Å². The van der Waals surface area contributed by atoms with Crippen LogP contribution in [0.2, 0.25) is 0 Å². The molecule has 0 atom stereocenters. The standard InChI is InChI=1S/C8H4BrFN2OS2/c9-5-3-11-8(15-5)12-7(13)6-4(10)1-2-14-6/h1-3H,(H,11,12,13). The van der Waals surface area contributed by atoms with Gasteiger partial charge >= 0.3 is 0 Å². The molecule has 0 radical (unpaired) electrons. The molecule has 0 aliphatic carbocycles. The average molecular weight is 307 g/mol. The number of thiophene rings is 1. The maximum Gasteiger partial charge on any atom is 0.270 e. The predicted octanol–water partition coefficient (Wildman–Crippen LogP) is 3.36. The lowest BCUT2D eigenvalue weighted by Gasteiger charge is -1.97. The Morgan fingerprint density at radius 2 is 2.40 bits per heavy atom. The van der Waals surface area contributed by atoms with Gasteiger partial charge in [0.15, 0.2) is 5.13 Å². The maximum atomic E-state index is 13.0. The van der Waals surface area contributed by atoms with E-state index in [1.807, 2.05) is 0 Å². The third kappa shape index (κ3) is 2.42. The molecule has 0 unspecified atom stereocenters. The van der Waals surface area contributed by atoms with E-state index in [9.17, 15) is 9.18 Å². The second-order valence-corrected chi connectivity index (χ2v) is 5.85. The van der Waals surface area contributed by atoms with E-state index in [2.05, 4.69) is 26.2 Å². The number of aromatic nitrogens is 1. The van der Waals surface area contributed by atoms with Crippen LogP contribution >= 0.6 is 38.6 Å². The molecule has 0 saturated carbocycles. The van der Waals surface area contributed by atoms with Crippen LogP contribution in [0.3, 0.4) is 0 Å². The van der Waals surface area contributed by atoms with E-state index in [0.717, 1.165) is 15.1 Å². The lowest BCUT2D eigenvalue weighted by atomic mass is 10.4. The monoisotopic (exact) mass is 306 g/mol. The zero-order valence-electron chi connectivity index (χ0n) is 7.16. The summed E-state index contributed by atoms with van der Waals surface area (Å²) in [7, 11) is 0. The van der Waals surface area contributed by atoms with E-state index in [-0.39, 0.29) is 4.88 Å². The highest BCUT2D eigenvalue weighted by Crippen LogP contribution is 2.24. The summed E-state index contributed by atoms with van der Waals surface area (Å²) in [5.41, 5.74) is 0. The Hall–Kier alpha value is -0.790. The third-order valence-corrected chi connectivity index (χ3v) is 3.80. The number of carbonyl (C=O) groups is 1. The maximum absolute atomic E-state index is 13.0. The molecule has 0 saturated heterocycles. The Morgan fingerprint density at radius 3 is 2.93 bits per heavy atom.